The van der Waals surface area contributed by atoms with Crippen LogP contribution in [0.25, 0.3) is 0 Å². The van der Waals surface area contributed by atoms with Gasteiger partial charge in [-0.05, 0) is 49.9 Å². The van der Waals surface area contributed by atoms with Crippen LogP contribution < -0.4 is 10.1 Å². The molecule has 0 aliphatic rings. The van der Waals surface area contributed by atoms with Crippen molar-refractivity contribution in [2.75, 3.05) is 20.2 Å². The highest BCUT2D eigenvalue weighted by atomic mass is 16.5. The summed E-state index contributed by atoms with van der Waals surface area (Å²) in [5.41, 5.74) is 1.90. The van der Waals surface area contributed by atoms with E-state index in [2.05, 4.69) is 31.3 Å². The molecule has 0 heterocycles. The van der Waals surface area contributed by atoms with Gasteiger partial charge < -0.3 is 15.2 Å². The molecule has 1 aromatic rings. The Hall–Kier alpha value is -1.06. The van der Waals surface area contributed by atoms with E-state index in [0.717, 1.165) is 18.7 Å². The lowest BCUT2D eigenvalue weighted by Crippen LogP contribution is -2.35. The summed E-state index contributed by atoms with van der Waals surface area (Å²) in [6.45, 7) is 9.45. The Morgan fingerprint density at radius 2 is 2.00 bits per heavy atom. The fraction of sp³-hybridized carbons (Fsp3) is 0.625. The van der Waals surface area contributed by atoms with E-state index < -0.39 is 5.60 Å². The third kappa shape index (κ3) is 5.62. The number of nitrogens with one attached hydrogen (secondary N) is 1. The highest BCUT2D eigenvalue weighted by Crippen LogP contribution is 2.27. The smallest absolute Gasteiger partial charge is 0.122 e. The lowest BCUT2D eigenvalue weighted by molar-refractivity contribution is 0.0801. The van der Waals surface area contributed by atoms with Crippen molar-refractivity contribution in [1.82, 2.24) is 5.32 Å². The number of aliphatic hydroxyl groups is 1. The van der Waals surface area contributed by atoms with Gasteiger partial charge in [0.1, 0.15) is 5.75 Å². The Morgan fingerprint density at radius 3 is 2.53 bits per heavy atom. The van der Waals surface area contributed by atoms with Crippen molar-refractivity contribution in [2.24, 2.45) is 0 Å². The molecular weight excluding hydrogens is 238 g/mol. The molecule has 0 aliphatic carbocycles. The second kappa shape index (κ2) is 6.92. The van der Waals surface area contributed by atoms with Crippen LogP contribution in [0.1, 0.15) is 44.7 Å². The minimum atomic E-state index is -0.650. The predicted octanol–water partition coefficient (Wildman–Crippen LogP) is 2.72. The fourth-order valence-corrected chi connectivity index (χ4v) is 2.02. The highest BCUT2D eigenvalue weighted by Gasteiger charge is 2.11. The summed E-state index contributed by atoms with van der Waals surface area (Å²) >= 11 is 0. The molecule has 0 radical (unpaired) electrons. The molecule has 19 heavy (non-hydrogen) atoms. The first-order valence-corrected chi connectivity index (χ1v) is 6.93. The number of ether oxygens (including phenoxy) is 1. The van der Waals surface area contributed by atoms with E-state index in [1.165, 1.54) is 11.1 Å². The number of benzene rings is 1. The number of methoxy groups -OCH3 is 1. The van der Waals surface area contributed by atoms with Crippen LogP contribution in [0, 0.1) is 0 Å². The van der Waals surface area contributed by atoms with Gasteiger partial charge >= 0.3 is 0 Å². The maximum atomic E-state index is 9.62. The largest absolute Gasteiger partial charge is 0.496 e. The van der Waals surface area contributed by atoms with E-state index in [-0.39, 0.29) is 0 Å². The van der Waals surface area contributed by atoms with Gasteiger partial charge in [0, 0.05) is 6.54 Å². The molecule has 0 saturated carbocycles. The zero-order chi connectivity index (χ0) is 14.5. The monoisotopic (exact) mass is 265 g/mol. The Bertz CT molecular complexity index is 394. The average Bonchev–Trinajstić information content (AvgIpc) is 2.33. The van der Waals surface area contributed by atoms with E-state index in [9.17, 15) is 5.11 Å². The molecule has 1 rings (SSSR count). The fourth-order valence-electron chi connectivity index (χ4n) is 2.02. The molecule has 3 nitrogen and oxygen atoms in total. The summed E-state index contributed by atoms with van der Waals surface area (Å²) in [6, 6.07) is 6.37. The Balaban J connectivity index is 2.57. The van der Waals surface area contributed by atoms with Crippen molar-refractivity contribution >= 4 is 0 Å². The van der Waals surface area contributed by atoms with E-state index in [1.54, 1.807) is 7.11 Å². The molecular formula is C16H27NO2. The first kappa shape index (κ1) is 16.0. The van der Waals surface area contributed by atoms with Gasteiger partial charge in [-0.2, -0.15) is 0 Å². The quantitative estimate of drug-likeness (QED) is 0.745. The first-order valence-electron chi connectivity index (χ1n) is 6.93. The van der Waals surface area contributed by atoms with Crippen LogP contribution in [0.5, 0.6) is 5.75 Å². The van der Waals surface area contributed by atoms with Gasteiger partial charge in [-0.1, -0.05) is 26.0 Å². The third-order valence-corrected chi connectivity index (χ3v) is 3.06. The van der Waals surface area contributed by atoms with Crippen molar-refractivity contribution in [3.05, 3.63) is 29.3 Å². The summed E-state index contributed by atoms with van der Waals surface area (Å²) in [5, 5.41) is 12.9. The first-order chi connectivity index (χ1) is 8.83. The molecule has 1 aromatic carbocycles. The molecule has 2 N–H and O–H groups in total. The molecule has 0 spiro atoms. The number of hydrogen-bond donors (Lipinski definition) is 2. The van der Waals surface area contributed by atoms with E-state index in [0.29, 0.717) is 12.5 Å². The van der Waals surface area contributed by atoms with Crippen LogP contribution >= 0.6 is 0 Å². The van der Waals surface area contributed by atoms with Crippen molar-refractivity contribution in [3.8, 4) is 5.75 Å². The van der Waals surface area contributed by atoms with Crippen LogP contribution in [0.3, 0.4) is 0 Å². The second-order valence-electron chi connectivity index (χ2n) is 5.97. The highest BCUT2D eigenvalue weighted by molar-refractivity contribution is 5.39. The zero-order valence-electron chi connectivity index (χ0n) is 12.8. The maximum absolute atomic E-state index is 9.62. The zero-order valence-corrected chi connectivity index (χ0v) is 12.8. The SMILES string of the molecule is COc1ccc(CCNCC(C)(C)O)cc1C(C)C. The molecule has 108 valence electrons. The van der Waals surface area contributed by atoms with E-state index >= 15 is 0 Å². The van der Waals surface area contributed by atoms with Crippen molar-refractivity contribution in [2.45, 2.75) is 45.6 Å². The van der Waals surface area contributed by atoms with Crippen LogP contribution in [0.15, 0.2) is 18.2 Å². The van der Waals surface area contributed by atoms with Crippen molar-refractivity contribution in [1.29, 1.82) is 0 Å². The van der Waals surface area contributed by atoms with Gasteiger partial charge in [-0.3, -0.25) is 0 Å². The molecule has 0 aromatic heterocycles. The van der Waals surface area contributed by atoms with E-state index in [4.69, 9.17) is 4.74 Å². The molecule has 0 amide bonds. The molecule has 0 aliphatic heterocycles. The lowest BCUT2D eigenvalue weighted by atomic mass is 9.98. The summed E-state index contributed by atoms with van der Waals surface area (Å²) < 4.78 is 5.38. The summed E-state index contributed by atoms with van der Waals surface area (Å²) in [5.74, 6) is 1.42. The number of hydrogen-bond acceptors (Lipinski definition) is 3. The second-order valence-corrected chi connectivity index (χ2v) is 5.97. The minimum Gasteiger partial charge on any atom is -0.496 e. The van der Waals surface area contributed by atoms with Gasteiger partial charge in [0.05, 0.1) is 12.7 Å². The molecule has 0 unspecified atom stereocenters. The Labute approximate surface area is 117 Å². The third-order valence-electron chi connectivity index (χ3n) is 3.06. The Kier molecular flexibility index (Phi) is 5.83. The molecule has 0 bridgehead atoms. The number of rotatable bonds is 7. The molecule has 0 fully saturated rings. The standard InChI is InChI=1S/C16H27NO2/c1-12(2)14-10-13(6-7-15(14)19-5)8-9-17-11-16(3,4)18/h6-7,10,12,17-18H,8-9,11H2,1-5H3. The van der Waals surface area contributed by atoms with Gasteiger partial charge in [-0.15, -0.1) is 0 Å². The lowest BCUT2D eigenvalue weighted by Gasteiger charge is -2.18. The maximum Gasteiger partial charge on any atom is 0.122 e. The van der Waals surface area contributed by atoms with Crippen LogP contribution in [-0.2, 0) is 6.42 Å². The minimum absolute atomic E-state index is 0.458. The van der Waals surface area contributed by atoms with Gasteiger partial charge in [0.25, 0.3) is 0 Å². The van der Waals surface area contributed by atoms with Gasteiger partial charge in [0.2, 0.25) is 0 Å². The van der Waals surface area contributed by atoms with E-state index in [1.807, 2.05) is 19.9 Å². The van der Waals surface area contributed by atoms with Gasteiger partial charge in [-0.25, -0.2) is 0 Å². The average molecular weight is 265 g/mol. The predicted molar refractivity (Wildman–Crippen MR) is 80.0 cm³/mol. The summed E-state index contributed by atoms with van der Waals surface area (Å²) in [4.78, 5) is 0. The topological polar surface area (TPSA) is 41.5 Å². The summed E-state index contributed by atoms with van der Waals surface area (Å²) in [6.07, 6.45) is 0.958. The molecule has 0 atom stereocenters. The molecule has 0 saturated heterocycles. The molecule has 3 heteroatoms. The van der Waals surface area contributed by atoms with Crippen molar-refractivity contribution < 1.29 is 9.84 Å². The van der Waals surface area contributed by atoms with Crippen LogP contribution in [0.2, 0.25) is 0 Å². The Morgan fingerprint density at radius 1 is 1.32 bits per heavy atom. The van der Waals surface area contributed by atoms with Crippen LogP contribution in [-0.4, -0.2) is 30.9 Å². The van der Waals surface area contributed by atoms with Gasteiger partial charge in [0.15, 0.2) is 0 Å². The summed E-state index contributed by atoms with van der Waals surface area (Å²) in [7, 11) is 1.71. The normalized spacial score (nSPS) is 11.9. The van der Waals surface area contributed by atoms with Crippen LogP contribution in [0.4, 0.5) is 0 Å². The van der Waals surface area contributed by atoms with Crippen molar-refractivity contribution in [3.63, 3.8) is 0 Å².